The summed E-state index contributed by atoms with van der Waals surface area (Å²) in [5, 5.41) is 4.46. The smallest absolute Gasteiger partial charge is 0.410 e. The Kier molecular flexibility index (Phi) is 3.64. The topological polar surface area (TPSA) is 47.4 Å². The number of hydrogen-bond acceptors (Lipinski definition) is 3. The largest absolute Gasteiger partial charge is 0.444 e. The molecule has 1 atom stereocenters. The van der Waals surface area contributed by atoms with E-state index < -0.39 is 5.60 Å². The van der Waals surface area contributed by atoms with Crippen LogP contribution in [0.5, 0.6) is 0 Å². The molecule has 1 aliphatic heterocycles. The van der Waals surface area contributed by atoms with Crippen LogP contribution in [0.2, 0.25) is 0 Å². The number of aryl methyl sites for hydroxylation is 1. The van der Waals surface area contributed by atoms with Crippen LogP contribution < -0.4 is 0 Å². The molecular formula is C13H20BrN3O2. The SMILES string of the molecule is C[C@@H]1c2c(nn(C)c2Br)CCN1C(=O)OC(C)(C)C. The van der Waals surface area contributed by atoms with Gasteiger partial charge < -0.3 is 9.64 Å². The fourth-order valence-electron chi connectivity index (χ4n) is 2.32. The number of fused-ring (bicyclic) bond motifs is 1. The van der Waals surface area contributed by atoms with Crippen LogP contribution in [0, 0.1) is 0 Å². The third kappa shape index (κ3) is 2.78. The molecule has 0 saturated carbocycles. The van der Waals surface area contributed by atoms with Gasteiger partial charge in [0.15, 0.2) is 0 Å². The van der Waals surface area contributed by atoms with Crippen molar-refractivity contribution in [3.63, 3.8) is 0 Å². The van der Waals surface area contributed by atoms with Crippen LogP contribution in [0.25, 0.3) is 0 Å². The van der Waals surface area contributed by atoms with Gasteiger partial charge >= 0.3 is 6.09 Å². The number of ether oxygens (including phenoxy) is 1. The molecule has 2 heterocycles. The minimum atomic E-state index is -0.469. The molecule has 1 aromatic heterocycles. The number of carbonyl (C=O) groups is 1. The standard InChI is InChI=1S/C13H20BrN3O2/c1-8-10-9(15-16(5)11(10)14)6-7-17(8)12(18)19-13(2,3)4/h8H,6-7H2,1-5H3/t8-/m1/s1. The van der Waals surface area contributed by atoms with Crippen molar-refractivity contribution < 1.29 is 9.53 Å². The van der Waals surface area contributed by atoms with Crippen LogP contribution in [0.3, 0.4) is 0 Å². The molecule has 0 N–H and O–H groups in total. The summed E-state index contributed by atoms with van der Waals surface area (Å²) in [6, 6.07) is -0.0262. The maximum absolute atomic E-state index is 12.2. The zero-order valence-electron chi connectivity index (χ0n) is 12.0. The average molecular weight is 330 g/mol. The van der Waals surface area contributed by atoms with Crippen molar-refractivity contribution in [2.24, 2.45) is 7.05 Å². The first-order valence-corrected chi connectivity index (χ1v) is 7.21. The van der Waals surface area contributed by atoms with E-state index in [2.05, 4.69) is 21.0 Å². The molecule has 0 bridgehead atoms. The molecule has 0 saturated heterocycles. The van der Waals surface area contributed by atoms with Crippen molar-refractivity contribution in [1.29, 1.82) is 0 Å². The quantitative estimate of drug-likeness (QED) is 0.735. The van der Waals surface area contributed by atoms with Crippen LogP contribution in [0.15, 0.2) is 4.60 Å². The zero-order chi connectivity index (χ0) is 14.4. The third-order valence-electron chi connectivity index (χ3n) is 3.19. The number of amides is 1. The Labute approximate surface area is 122 Å². The highest BCUT2D eigenvalue weighted by atomic mass is 79.9. The Hall–Kier alpha value is -1.04. The van der Waals surface area contributed by atoms with Crippen LogP contribution >= 0.6 is 15.9 Å². The molecule has 0 fully saturated rings. The Balaban J connectivity index is 2.24. The van der Waals surface area contributed by atoms with Crippen molar-refractivity contribution in [1.82, 2.24) is 14.7 Å². The third-order valence-corrected chi connectivity index (χ3v) is 4.13. The van der Waals surface area contributed by atoms with E-state index in [1.807, 2.05) is 34.7 Å². The van der Waals surface area contributed by atoms with Gasteiger partial charge in [-0.3, -0.25) is 4.68 Å². The lowest BCUT2D eigenvalue weighted by atomic mass is 10.0. The lowest BCUT2D eigenvalue weighted by Crippen LogP contribution is -2.42. The Morgan fingerprint density at radius 1 is 1.47 bits per heavy atom. The summed E-state index contributed by atoms with van der Waals surface area (Å²) in [5.41, 5.74) is 1.67. The number of nitrogens with zero attached hydrogens (tertiary/aromatic N) is 3. The van der Waals surface area contributed by atoms with Crippen LogP contribution in [-0.4, -0.2) is 32.9 Å². The highest BCUT2D eigenvalue weighted by Crippen LogP contribution is 2.35. The van der Waals surface area contributed by atoms with Gasteiger partial charge in [-0.2, -0.15) is 5.10 Å². The van der Waals surface area contributed by atoms with Gasteiger partial charge in [0.2, 0.25) is 0 Å². The molecule has 1 aromatic rings. The second kappa shape index (κ2) is 4.81. The molecule has 19 heavy (non-hydrogen) atoms. The van der Waals surface area contributed by atoms with E-state index in [1.165, 1.54) is 0 Å². The van der Waals surface area contributed by atoms with Gasteiger partial charge in [0.1, 0.15) is 10.2 Å². The number of hydrogen-bond donors (Lipinski definition) is 0. The van der Waals surface area contributed by atoms with E-state index in [4.69, 9.17) is 4.74 Å². The monoisotopic (exact) mass is 329 g/mol. The molecule has 0 spiro atoms. The number of carbonyl (C=O) groups excluding carboxylic acids is 1. The maximum atomic E-state index is 12.2. The summed E-state index contributed by atoms with van der Waals surface area (Å²) in [6.45, 7) is 8.29. The Morgan fingerprint density at radius 3 is 2.68 bits per heavy atom. The highest BCUT2D eigenvalue weighted by Gasteiger charge is 2.34. The molecule has 0 radical (unpaired) electrons. The molecule has 0 aliphatic carbocycles. The maximum Gasteiger partial charge on any atom is 0.410 e. The Morgan fingerprint density at radius 2 is 2.11 bits per heavy atom. The van der Waals surface area contributed by atoms with Crippen molar-refractivity contribution in [2.45, 2.75) is 45.8 Å². The fraction of sp³-hybridized carbons (Fsp3) is 0.692. The van der Waals surface area contributed by atoms with Crippen LogP contribution in [-0.2, 0) is 18.2 Å². The van der Waals surface area contributed by atoms with Gasteiger partial charge in [-0.1, -0.05) is 0 Å². The summed E-state index contributed by atoms with van der Waals surface area (Å²) >= 11 is 3.54. The Bertz CT molecular complexity index is 505. The first-order valence-electron chi connectivity index (χ1n) is 6.41. The van der Waals surface area contributed by atoms with Crippen molar-refractivity contribution in [3.05, 3.63) is 15.9 Å². The van der Waals surface area contributed by atoms with Gasteiger partial charge in [0.05, 0.1) is 11.7 Å². The van der Waals surface area contributed by atoms with E-state index in [1.54, 1.807) is 9.58 Å². The average Bonchev–Trinajstić information content (AvgIpc) is 2.53. The molecular weight excluding hydrogens is 310 g/mol. The summed E-state index contributed by atoms with van der Waals surface area (Å²) in [6.07, 6.45) is 0.500. The van der Waals surface area contributed by atoms with Crippen LogP contribution in [0.4, 0.5) is 4.79 Å². The molecule has 2 rings (SSSR count). The minimum absolute atomic E-state index is 0.0262. The fourth-order valence-corrected chi connectivity index (χ4v) is 2.96. The molecule has 5 nitrogen and oxygen atoms in total. The van der Waals surface area contributed by atoms with E-state index in [0.29, 0.717) is 6.54 Å². The molecule has 0 unspecified atom stereocenters. The predicted octanol–water partition coefficient (Wildman–Crippen LogP) is 3.04. The minimum Gasteiger partial charge on any atom is -0.444 e. The highest BCUT2D eigenvalue weighted by molar-refractivity contribution is 9.10. The normalized spacial score (nSPS) is 19.3. The molecule has 106 valence electrons. The number of rotatable bonds is 0. The lowest BCUT2D eigenvalue weighted by molar-refractivity contribution is 0.0158. The van der Waals surface area contributed by atoms with Gasteiger partial charge in [-0.05, 0) is 43.6 Å². The van der Waals surface area contributed by atoms with E-state index in [-0.39, 0.29) is 12.1 Å². The molecule has 1 amide bonds. The first-order chi connectivity index (χ1) is 8.70. The first kappa shape index (κ1) is 14.4. The van der Waals surface area contributed by atoms with Gasteiger partial charge in [-0.25, -0.2) is 4.79 Å². The van der Waals surface area contributed by atoms with Crippen molar-refractivity contribution in [2.75, 3.05) is 6.54 Å². The summed E-state index contributed by atoms with van der Waals surface area (Å²) in [5.74, 6) is 0. The second-order valence-electron chi connectivity index (χ2n) is 5.87. The molecule has 6 heteroatoms. The zero-order valence-corrected chi connectivity index (χ0v) is 13.6. The van der Waals surface area contributed by atoms with E-state index in [9.17, 15) is 4.79 Å². The molecule has 1 aliphatic rings. The van der Waals surface area contributed by atoms with Crippen LogP contribution in [0.1, 0.15) is 45.0 Å². The van der Waals surface area contributed by atoms with Gasteiger partial charge in [0, 0.05) is 25.6 Å². The lowest BCUT2D eigenvalue weighted by Gasteiger charge is -2.34. The van der Waals surface area contributed by atoms with E-state index >= 15 is 0 Å². The summed E-state index contributed by atoms with van der Waals surface area (Å²) < 4.78 is 8.19. The van der Waals surface area contributed by atoms with E-state index in [0.717, 1.165) is 22.3 Å². The summed E-state index contributed by atoms with van der Waals surface area (Å²) in [4.78, 5) is 14.0. The van der Waals surface area contributed by atoms with Crippen molar-refractivity contribution >= 4 is 22.0 Å². The summed E-state index contributed by atoms with van der Waals surface area (Å²) in [7, 11) is 1.90. The van der Waals surface area contributed by atoms with Crippen molar-refractivity contribution in [3.8, 4) is 0 Å². The second-order valence-corrected chi connectivity index (χ2v) is 6.63. The number of halogens is 1. The molecule has 0 aromatic carbocycles. The van der Waals surface area contributed by atoms with Gasteiger partial charge in [0.25, 0.3) is 0 Å². The predicted molar refractivity (Wildman–Crippen MR) is 76.0 cm³/mol. The van der Waals surface area contributed by atoms with Gasteiger partial charge in [-0.15, -0.1) is 0 Å². The number of aromatic nitrogens is 2.